The lowest BCUT2D eigenvalue weighted by Gasteiger charge is -2.35. The molecule has 0 aromatic heterocycles. The van der Waals surface area contributed by atoms with Crippen LogP contribution < -0.4 is 5.46 Å². The molecule has 1 aliphatic rings. The quantitative estimate of drug-likeness (QED) is 0.733. The van der Waals surface area contributed by atoms with E-state index in [1.165, 1.54) is 0 Å². The zero-order valence-electron chi connectivity index (χ0n) is 12.0. The van der Waals surface area contributed by atoms with Gasteiger partial charge in [-0.1, -0.05) is 12.1 Å². The van der Waals surface area contributed by atoms with Crippen LogP contribution in [0.5, 0.6) is 0 Å². The summed E-state index contributed by atoms with van der Waals surface area (Å²) in [7, 11) is 2.44. The first-order valence-corrected chi connectivity index (χ1v) is 6.91. The van der Waals surface area contributed by atoms with Crippen LogP contribution in [-0.2, 0) is 0 Å². The summed E-state index contributed by atoms with van der Waals surface area (Å²) in [4.78, 5) is 16.5. The van der Waals surface area contributed by atoms with E-state index < -0.39 is 7.12 Å². The maximum Gasteiger partial charge on any atom is 0.488 e. The highest BCUT2D eigenvalue weighted by Gasteiger charge is 2.24. The van der Waals surface area contributed by atoms with Crippen LogP contribution in [0.1, 0.15) is 23.2 Å². The third kappa shape index (κ3) is 3.39. The Morgan fingerprint density at radius 3 is 2.30 bits per heavy atom. The van der Waals surface area contributed by atoms with E-state index in [0.717, 1.165) is 25.9 Å². The number of carbonyl (C=O) groups is 1. The lowest BCUT2D eigenvalue weighted by molar-refractivity contribution is 0.0659. The van der Waals surface area contributed by atoms with E-state index in [1.54, 1.807) is 29.2 Å². The van der Waals surface area contributed by atoms with Gasteiger partial charge in [-0.2, -0.15) is 0 Å². The number of likely N-dealkylation sites (tertiary alicyclic amines) is 1. The molecule has 2 rings (SSSR count). The number of benzene rings is 1. The minimum absolute atomic E-state index is 0.0152. The van der Waals surface area contributed by atoms with E-state index in [2.05, 4.69) is 11.9 Å². The summed E-state index contributed by atoms with van der Waals surface area (Å²) in [6.07, 6.45) is 1.98. The van der Waals surface area contributed by atoms with Crippen molar-refractivity contribution in [2.75, 3.05) is 27.2 Å². The van der Waals surface area contributed by atoms with E-state index in [0.29, 0.717) is 11.0 Å². The fourth-order valence-corrected chi connectivity index (χ4v) is 2.55. The smallest absolute Gasteiger partial charge is 0.423 e. The van der Waals surface area contributed by atoms with Gasteiger partial charge in [0, 0.05) is 18.7 Å². The summed E-state index contributed by atoms with van der Waals surface area (Å²) in [5, 5.41) is 18.1. The monoisotopic (exact) mass is 276 g/mol. The van der Waals surface area contributed by atoms with Crippen molar-refractivity contribution >= 4 is 18.5 Å². The number of piperidine rings is 1. The number of amides is 1. The molecule has 1 saturated heterocycles. The van der Waals surface area contributed by atoms with E-state index in [-0.39, 0.29) is 11.9 Å². The lowest BCUT2D eigenvalue weighted by Crippen LogP contribution is -2.44. The molecule has 0 unspecified atom stereocenters. The average Bonchev–Trinajstić information content (AvgIpc) is 2.46. The number of rotatable bonds is 3. The molecule has 5 nitrogen and oxygen atoms in total. The minimum Gasteiger partial charge on any atom is -0.423 e. The molecule has 20 heavy (non-hydrogen) atoms. The van der Waals surface area contributed by atoms with Crippen LogP contribution in [0, 0.1) is 0 Å². The third-order valence-electron chi connectivity index (χ3n) is 4.01. The first-order valence-electron chi connectivity index (χ1n) is 6.91. The zero-order valence-corrected chi connectivity index (χ0v) is 12.0. The van der Waals surface area contributed by atoms with Crippen LogP contribution in [0.3, 0.4) is 0 Å². The molecule has 0 bridgehead atoms. The van der Waals surface area contributed by atoms with Gasteiger partial charge >= 0.3 is 7.12 Å². The predicted molar refractivity (Wildman–Crippen MR) is 78.9 cm³/mol. The molecule has 0 spiro atoms. The van der Waals surface area contributed by atoms with E-state index >= 15 is 0 Å². The van der Waals surface area contributed by atoms with Crippen LogP contribution in [0.4, 0.5) is 0 Å². The maximum atomic E-state index is 12.4. The fourth-order valence-electron chi connectivity index (χ4n) is 2.55. The van der Waals surface area contributed by atoms with Gasteiger partial charge in [0.2, 0.25) is 0 Å². The van der Waals surface area contributed by atoms with Crippen LogP contribution in [0.2, 0.25) is 0 Å². The molecular formula is C14H21BN2O3. The van der Waals surface area contributed by atoms with E-state index in [9.17, 15) is 4.79 Å². The van der Waals surface area contributed by atoms with Crippen molar-refractivity contribution in [2.45, 2.75) is 18.9 Å². The summed E-state index contributed by atoms with van der Waals surface area (Å²) in [5.74, 6) is -0.0152. The normalized spacial score (nSPS) is 17.0. The van der Waals surface area contributed by atoms with Crippen molar-refractivity contribution in [3.8, 4) is 0 Å². The lowest BCUT2D eigenvalue weighted by atomic mass is 9.80. The molecule has 6 heteroatoms. The molecule has 2 N–H and O–H groups in total. The van der Waals surface area contributed by atoms with Crippen molar-refractivity contribution in [2.24, 2.45) is 0 Å². The number of hydrogen-bond donors (Lipinski definition) is 2. The van der Waals surface area contributed by atoms with Gasteiger partial charge in [0.1, 0.15) is 0 Å². The Kier molecular flexibility index (Phi) is 4.80. The fraction of sp³-hybridized carbons (Fsp3) is 0.500. The summed E-state index contributed by atoms with van der Waals surface area (Å²) < 4.78 is 0. The van der Waals surface area contributed by atoms with Crippen molar-refractivity contribution in [1.29, 1.82) is 0 Å². The van der Waals surface area contributed by atoms with Gasteiger partial charge in [0.15, 0.2) is 0 Å². The molecule has 1 aromatic carbocycles. The molecule has 1 fully saturated rings. The number of carbonyl (C=O) groups excluding carboxylic acids is 1. The van der Waals surface area contributed by atoms with Gasteiger partial charge < -0.3 is 19.8 Å². The Hall–Kier alpha value is -1.37. The predicted octanol–water partition coefficient (Wildman–Crippen LogP) is -0.467. The Morgan fingerprint density at radius 2 is 1.80 bits per heavy atom. The van der Waals surface area contributed by atoms with Crippen LogP contribution >= 0.6 is 0 Å². The highest BCUT2D eigenvalue weighted by Crippen LogP contribution is 2.16. The maximum absolute atomic E-state index is 12.4. The molecular weight excluding hydrogens is 255 g/mol. The molecule has 108 valence electrons. The first kappa shape index (κ1) is 15.0. The van der Waals surface area contributed by atoms with Crippen molar-refractivity contribution < 1.29 is 14.8 Å². The Morgan fingerprint density at radius 1 is 1.25 bits per heavy atom. The SMILES string of the molecule is CN1CCC(N(C)C(=O)c2ccc(B(O)O)cc2)CC1. The molecule has 0 aliphatic carbocycles. The van der Waals surface area contributed by atoms with Gasteiger partial charge in [0.25, 0.3) is 5.91 Å². The van der Waals surface area contributed by atoms with Crippen LogP contribution in [0.25, 0.3) is 0 Å². The molecule has 1 aliphatic heterocycles. The van der Waals surface area contributed by atoms with Gasteiger partial charge in [-0.15, -0.1) is 0 Å². The van der Waals surface area contributed by atoms with E-state index in [1.807, 2.05) is 7.05 Å². The Balaban J connectivity index is 2.02. The van der Waals surface area contributed by atoms with Crippen molar-refractivity contribution in [3.63, 3.8) is 0 Å². The van der Waals surface area contributed by atoms with Gasteiger partial charge in [-0.05, 0) is 50.6 Å². The molecule has 0 radical (unpaired) electrons. The Bertz CT molecular complexity index is 456. The second-order valence-electron chi connectivity index (χ2n) is 5.45. The third-order valence-corrected chi connectivity index (χ3v) is 4.01. The van der Waals surface area contributed by atoms with Crippen molar-refractivity contribution in [1.82, 2.24) is 9.80 Å². The van der Waals surface area contributed by atoms with Crippen molar-refractivity contribution in [3.05, 3.63) is 29.8 Å². The summed E-state index contributed by atoms with van der Waals surface area (Å²) >= 11 is 0. The summed E-state index contributed by atoms with van der Waals surface area (Å²) in [6, 6.07) is 6.70. The number of nitrogens with zero attached hydrogens (tertiary/aromatic N) is 2. The summed E-state index contributed by atoms with van der Waals surface area (Å²) in [5.41, 5.74) is 0.972. The largest absolute Gasteiger partial charge is 0.488 e. The second-order valence-corrected chi connectivity index (χ2v) is 5.45. The number of hydrogen-bond acceptors (Lipinski definition) is 4. The molecule has 0 atom stereocenters. The van der Waals surface area contributed by atoms with E-state index in [4.69, 9.17) is 10.0 Å². The standard InChI is InChI=1S/C14H21BN2O3/c1-16-9-7-13(8-10-16)17(2)14(18)11-3-5-12(6-4-11)15(19)20/h3-6,13,19-20H,7-10H2,1-2H3. The zero-order chi connectivity index (χ0) is 14.7. The highest BCUT2D eigenvalue weighted by atomic mass is 16.4. The Labute approximate surface area is 120 Å². The molecule has 1 heterocycles. The minimum atomic E-state index is -1.49. The highest BCUT2D eigenvalue weighted by molar-refractivity contribution is 6.58. The molecule has 1 amide bonds. The van der Waals surface area contributed by atoms with Gasteiger partial charge in [-0.25, -0.2) is 0 Å². The first-order chi connectivity index (χ1) is 9.49. The van der Waals surface area contributed by atoms with Crippen LogP contribution in [0.15, 0.2) is 24.3 Å². The topological polar surface area (TPSA) is 64.0 Å². The summed E-state index contributed by atoms with van der Waals surface area (Å²) in [6.45, 7) is 2.02. The van der Waals surface area contributed by atoms with Crippen LogP contribution in [-0.4, -0.2) is 66.1 Å². The average molecular weight is 276 g/mol. The van der Waals surface area contributed by atoms with Gasteiger partial charge in [-0.3, -0.25) is 4.79 Å². The van der Waals surface area contributed by atoms with Gasteiger partial charge in [0.05, 0.1) is 0 Å². The molecule has 0 saturated carbocycles. The second kappa shape index (κ2) is 6.39. The molecule has 1 aromatic rings.